The molecular weight excluding hydrogens is 362 g/mol. The zero-order valence-corrected chi connectivity index (χ0v) is 16.6. The topological polar surface area (TPSA) is 62.0 Å². The second-order valence-corrected chi connectivity index (χ2v) is 7.40. The van der Waals surface area contributed by atoms with Gasteiger partial charge in [0.15, 0.2) is 6.29 Å². The molecular formula is C24H27N3O2. The van der Waals surface area contributed by atoms with E-state index in [2.05, 4.69) is 29.2 Å². The number of anilines is 2. The van der Waals surface area contributed by atoms with Crippen LogP contribution in [0.3, 0.4) is 0 Å². The van der Waals surface area contributed by atoms with Crippen molar-refractivity contribution in [3.05, 3.63) is 90.0 Å². The molecule has 3 aromatic carbocycles. The predicted molar refractivity (Wildman–Crippen MR) is 117 cm³/mol. The maximum atomic E-state index is 10.6. The van der Waals surface area contributed by atoms with Crippen LogP contribution < -0.4 is 20.3 Å². The first-order valence-electron chi connectivity index (χ1n) is 9.92. The smallest absolute Gasteiger partial charge is 0.155 e. The summed E-state index contributed by atoms with van der Waals surface area (Å²) in [5.41, 5.74) is 11.0. The predicted octanol–water partition coefficient (Wildman–Crippen LogP) is 3.50. The van der Waals surface area contributed by atoms with E-state index in [4.69, 9.17) is 10.5 Å². The molecule has 0 spiro atoms. The maximum absolute atomic E-state index is 10.6. The normalized spacial score (nSPS) is 16.6. The molecule has 0 amide bonds. The molecule has 150 valence electrons. The molecule has 3 N–H and O–H groups in total. The zero-order chi connectivity index (χ0) is 20.2. The number of hydrogen-bond donors (Lipinski definition) is 2. The van der Waals surface area contributed by atoms with Crippen molar-refractivity contribution in [2.24, 2.45) is 5.73 Å². The van der Waals surface area contributed by atoms with E-state index < -0.39 is 6.10 Å². The molecule has 1 aliphatic rings. The Balaban J connectivity index is 1.46. The van der Waals surface area contributed by atoms with Crippen molar-refractivity contribution in [3.63, 3.8) is 0 Å². The van der Waals surface area contributed by atoms with E-state index in [-0.39, 0.29) is 12.9 Å². The van der Waals surface area contributed by atoms with Crippen LogP contribution in [0.25, 0.3) is 0 Å². The number of benzene rings is 3. The summed E-state index contributed by atoms with van der Waals surface area (Å²) >= 11 is 0. The Bertz CT molecular complexity index is 948. The Hall–Kier alpha value is -3.02. The highest BCUT2D eigenvalue weighted by Gasteiger charge is 2.34. The van der Waals surface area contributed by atoms with Crippen LogP contribution >= 0.6 is 0 Å². The molecule has 3 aromatic rings. The fraction of sp³-hybridized carbons (Fsp3) is 0.250. The van der Waals surface area contributed by atoms with Gasteiger partial charge >= 0.3 is 0 Å². The van der Waals surface area contributed by atoms with E-state index in [1.165, 1.54) is 5.56 Å². The summed E-state index contributed by atoms with van der Waals surface area (Å²) in [5, 5.41) is 10.6. The number of β-amino-alcohol motifs (C(OH)–C–C–N with tert-alkyl or cyclic N) is 1. The number of ether oxygens (including phenoxy) is 1. The van der Waals surface area contributed by atoms with Gasteiger partial charge in [0.1, 0.15) is 18.5 Å². The minimum Gasteiger partial charge on any atom is -0.491 e. The standard InChI is InChI=1S/C24H27N3O2/c1-18-9-5-8-14-23(18)29-17-20(28)16-27-22-13-7-6-12-21(22)26(24(27)25)15-19-10-3-2-4-11-19/h2-14,20,24,28H,15-17,25H2,1H3. The molecule has 29 heavy (non-hydrogen) atoms. The molecule has 4 rings (SSSR count). The molecule has 0 bridgehead atoms. The Morgan fingerprint density at radius 3 is 2.24 bits per heavy atom. The van der Waals surface area contributed by atoms with Gasteiger partial charge in [0.05, 0.1) is 17.9 Å². The van der Waals surface area contributed by atoms with Crippen LogP contribution in [0.5, 0.6) is 5.75 Å². The van der Waals surface area contributed by atoms with Crippen LogP contribution in [0.15, 0.2) is 78.9 Å². The average molecular weight is 389 g/mol. The van der Waals surface area contributed by atoms with Crippen molar-refractivity contribution in [2.45, 2.75) is 25.9 Å². The van der Waals surface area contributed by atoms with Gasteiger partial charge in [-0.1, -0.05) is 60.7 Å². The molecule has 1 aliphatic heterocycles. The Morgan fingerprint density at radius 1 is 0.897 bits per heavy atom. The van der Waals surface area contributed by atoms with Crippen LogP contribution in [0.1, 0.15) is 11.1 Å². The van der Waals surface area contributed by atoms with Gasteiger partial charge in [-0.05, 0) is 36.2 Å². The molecule has 1 heterocycles. The van der Waals surface area contributed by atoms with Crippen molar-refractivity contribution in [1.29, 1.82) is 0 Å². The highest BCUT2D eigenvalue weighted by molar-refractivity contribution is 5.77. The van der Waals surface area contributed by atoms with Gasteiger partial charge in [-0.25, -0.2) is 0 Å². The Morgan fingerprint density at radius 2 is 1.52 bits per heavy atom. The third-order valence-corrected chi connectivity index (χ3v) is 5.27. The first-order valence-corrected chi connectivity index (χ1v) is 9.92. The molecule has 0 aliphatic carbocycles. The number of aliphatic hydroxyl groups excluding tert-OH is 1. The Kier molecular flexibility index (Phi) is 5.69. The van der Waals surface area contributed by atoms with Crippen LogP contribution in [0.2, 0.25) is 0 Å². The second kappa shape index (κ2) is 8.55. The number of para-hydroxylation sites is 3. The molecule has 0 fully saturated rings. The lowest BCUT2D eigenvalue weighted by Crippen LogP contribution is -2.52. The summed E-state index contributed by atoms with van der Waals surface area (Å²) in [6.45, 7) is 3.32. The molecule has 0 saturated carbocycles. The third-order valence-electron chi connectivity index (χ3n) is 5.27. The summed E-state index contributed by atoms with van der Waals surface area (Å²) in [5.74, 6) is 0.795. The van der Waals surface area contributed by atoms with Crippen molar-refractivity contribution in [2.75, 3.05) is 23.0 Å². The minimum atomic E-state index is -0.662. The molecule has 2 atom stereocenters. The lowest BCUT2D eigenvalue weighted by molar-refractivity contribution is 0.110. The summed E-state index contributed by atoms with van der Waals surface area (Å²) in [6.07, 6.45) is -1.01. The van der Waals surface area contributed by atoms with E-state index in [1.54, 1.807) is 0 Å². The second-order valence-electron chi connectivity index (χ2n) is 7.40. The lowest BCUT2D eigenvalue weighted by Gasteiger charge is -2.31. The van der Waals surface area contributed by atoms with Crippen molar-refractivity contribution < 1.29 is 9.84 Å². The van der Waals surface area contributed by atoms with E-state index in [0.717, 1.165) is 22.7 Å². The number of fused-ring (bicyclic) bond motifs is 1. The van der Waals surface area contributed by atoms with Gasteiger partial charge in [0, 0.05) is 6.54 Å². The van der Waals surface area contributed by atoms with Gasteiger partial charge in [-0.2, -0.15) is 0 Å². The quantitative estimate of drug-likeness (QED) is 0.648. The molecule has 2 unspecified atom stereocenters. The summed E-state index contributed by atoms with van der Waals surface area (Å²) in [7, 11) is 0. The molecule has 0 radical (unpaired) electrons. The maximum Gasteiger partial charge on any atom is 0.155 e. The summed E-state index contributed by atoms with van der Waals surface area (Å²) in [6, 6.07) is 26.2. The molecule has 5 nitrogen and oxygen atoms in total. The van der Waals surface area contributed by atoms with Gasteiger partial charge in [-0.15, -0.1) is 0 Å². The third kappa shape index (κ3) is 4.21. The fourth-order valence-electron chi connectivity index (χ4n) is 3.75. The summed E-state index contributed by atoms with van der Waals surface area (Å²) < 4.78 is 5.82. The minimum absolute atomic E-state index is 0.217. The fourth-order valence-corrected chi connectivity index (χ4v) is 3.75. The van der Waals surface area contributed by atoms with E-state index in [0.29, 0.717) is 13.1 Å². The first-order chi connectivity index (χ1) is 14.1. The van der Waals surface area contributed by atoms with Crippen LogP contribution in [-0.2, 0) is 6.54 Å². The van der Waals surface area contributed by atoms with Gasteiger partial charge in [0.2, 0.25) is 0 Å². The highest BCUT2D eigenvalue weighted by Crippen LogP contribution is 2.38. The largest absolute Gasteiger partial charge is 0.491 e. The van der Waals surface area contributed by atoms with E-state index in [1.807, 2.05) is 66.4 Å². The lowest BCUT2D eigenvalue weighted by atomic mass is 10.2. The van der Waals surface area contributed by atoms with E-state index in [9.17, 15) is 5.11 Å². The van der Waals surface area contributed by atoms with Gasteiger partial charge in [0.25, 0.3) is 0 Å². The number of hydrogen-bond acceptors (Lipinski definition) is 5. The van der Waals surface area contributed by atoms with Crippen molar-refractivity contribution >= 4 is 11.4 Å². The van der Waals surface area contributed by atoms with Crippen LogP contribution in [0, 0.1) is 6.92 Å². The Labute approximate surface area is 171 Å². The highest BCUT2D eigenvalue weighted by atomic mass is 16.5. The van der Waals surface area contributed by atoms with Crippen LogP contribution in [-0.4, -0.2) is 30.7 Å². The molecule has 5 heteroatoms. The van der Waals surface area contributed by atoms with Crippen molar-refractivity contribution in [3.8, 4) is 5.75 Å². The van der Waals surface area contributed by atoms with Gasteiger partial charge in [-0.3, -0.25) is 5.73 Å². The SMILES string of the molecule is Cc1ccccc1OCC(O)CN1c2ccccc2N(Cc2ccccc2)C1N. The van der Waals surface area contributed by atoms with Crippen molar-refractivity contribution in [1.82, 2.24) is 0 Å². The number of nitrogens with two attached hydrogens (primary N) is 1. The molecule has 0 saturated heterocycles. The number of nitrogens with zero attached hydrogens (tertiary/aromatic N) is 2. The first kappa shape index (κ1) is 19.3. The summed E-state index contributed by atoms with van der Waals surface area (Å²) in [4.78, 5) is 4.21. The number of aryl methyl sites for hydroxylation is 1. The van der Waals surface area contributed by atoms with E-state index >= 15 is 0 Å². The zero-order valence-electron chi connectivity index (χ0n) is 16.6. The monoisotopic (exact) mass is 389 g/mol. The molecule has 0 aromatic heterocycles. The average Bonchev–Trinajstić information content (AvgIpc) is 3.00. The number of rotatable bonds is 7. The number of aliphatic hydroxyl groups is 1. The van der Waals surface area contributed by atoms with Gasteiger partial charge < -0.3 is 19.6 Å². The van der Waals surface area contributed by atoms with Crippen LogP contribution in [0.4, 0.5) is 11.4 Å².